The number of hydrogen-bond donors (Lipinski definition) is 1. The number of rotatable bonds is 1. The largest absolute Gasteiger partial charge is 0.508 e. The van der Waals surface area contributed by atoms with Crippen LogP contribution in [-0.2, 0) is 0 Å². The SMILES string of the molecule is Oc1cccc(Cl)c1C(Cl)Cl. The van der Waals surface area contributed by atoms with Crippen LogP contribution in [-0.4, -0.2) is 5.11 Å². The minimum absolute atomic E-state index is 0.0208. The molecule has 0 amide bonds. The highest BCUT2D eigenvalue weighted by Gasteiger charge is 2.12. The summed E-state index contributed by atoms with van der Waals surface area (Å²) in [6, 6.07) is 4.73. The van der Waals surface area contributed by atoms with E-state index in [1.807, 2.05) is 0 Å². The molecule has 0 bridgehead atoms. The van der Waals surface area contributed by atoms with E-state index in [0.717, 1.165) is 0 Å². The fourth-order valence-electron chi connectivity index (χ4n) is 0.742. The number of hydrogen-bond acceptors (Lipinski definition) is 1. The summed E-state index contributed by atoms with van der Waals surface area (Å²) >= 11 is 16.8. The minimum atomic E-state index is -0.788. The Morgan fingerprint density at radius 1 is 1.27 bits per heavy atom. The van der Waals surface area contributed by atoms with Crippen molar-refractivity contribution in [1.82, 2.24) is 0 Å². The molecule has 0 aliphatic heterocycles. The second kappa shape index (κ2) is 3.53. The molecule has 0 unspecified atom stereocenters. The Kier molecular flexibility index (Phi) is 2.88. The van der Waals surface area contributed by atoms with Crippen molar-refractivity contribution >= 4 is 34.8 Å². The molecule has 1 N–H and O–H groups in total. The van der Waals surface area contributed by atoms with E-state index < -0.39 is 4.84 Å². The van der Waals surface area contributed by atoms with E-state index in [1.165, 1.54) is 6.07 Å². The predicted octanol–water partition coefficient (Wildman–Crippen LogP) is 3.52. The van der Waals surface area contributed by atoms with Crippen LogP contribution < -0.4 is 0 Å². The Hall–Kier alpha value is -0.110. The highest BCUT2D eigenvalue weighted by molar-refractivity contribution is 6.45. The van der Waals surface area contributed by atoms with Crippen molar-refractivity contribution in [2.24, 2.45) is 0 Å². The van der Waals surface area contributed by atoms with Crippen LogP contribution in [0.5, 0.6) is 5.75 Å². The molecule has 0 saturated carbocycles. The van der Waals surface area contributed by atoms with Gasteiger partial charge in [0.1, 0.15) is 10.6 Å². The Morgan fingerprint density at radius 3 is 2.27 bits per heavy atom. The van der Waals surface area contributed by atoms with Crippen LogP contribution in [0.4, 0.5) is 0 Å². The lowest BCUT2D eigenvalue weighted by Gasteiger charge is -2.05. The third-order valence-corrected chi connectivity index (χ3v) is 2.01. The average Bonchev–Trinajstić information content (AvgIpc) is 1.85. The fraction of sp³-hybridized carbons (Fsp3) is 0.143. The molecule has 1 aromatic carbocycles. The van der Waals surface area contributed by atoms with Gasteiger partial charge >= 0.3 is 0 Å². The number of phenols is 1. The first-order valence-electron chi connectivity index (χ1n) is 2.88. The van der Waals surface area contributed by atoms with Gasteiger partial charge in [0, 0.05) is 5.56 Å². The van der Waals surface area contributed by atoms with Crippen molar-refractivity contribution in [3.05, 3.63) is 28.8 Å². The van der Waals surface area contributed by atoms with Crippen LogP contribution in [0.25, 0.3) is 0 Å². The van der Waals surface area contributed by atoms with Crippen LogP contribution in [0.1, 0.15) is 10.4 Å². The minimum Gasteiger partial charge on any atom is -0.508 e. The summed E-state index contributed by atoms with van der Waals surface area (Å²) in [5.74, 6) is 0.0208. The van der Waals surface area contributed by atoms with E-state index in [9.17, 15) is 5.11 Å². The number of benzene rings is 1. The van der Waals surface area contributed by atoms with Crippen molar-refractivity contribution in [2.45, 2.75) is 4.84 Å². The first kappa shape index (κ1) is 8.98. The van der Waals surface area contributed by atoms with E-state index >= 15 is 0 Å². The van der Waals surface area contributed by atoms with Crippen molar-refractivity contribution in [3.63, 3.8) is 0 Å². The van der Waals surface area contributed by atoms with Crippen molar-refractivity contribution < 1.29 is 5.11 Å². The Labute approximate surface area is 79.5 Å². The van der Waals surface area contributed by atoms with Gasteiger partial charge in [0.25, 0.3) is 0 Å². The van der Waals surface area contributed by atoms with Gasteiger partial charge in [-0.15, -0.1) is 0 Å². The first-order chi connectivity index (χ1) is 5.13. The van der Waals surface area contributed by atoms with Crippen LogP contribution in [0.15, 0.2) is 18.2 Å². The maximum atomic E-state index is 9.21. The number of phenolic OH excluding ortho intramolecular Hbond substituents is 1. The third-order valence-electron chi connectivity index (χ3n) is 1.25. The van der Waals surface area contributed by atoms with Gasteiger partial charge in [-0.1, -0.05) is 40.9 Å². The molecule has 0 heterocycles. The Morgan fingerprint density at radius 2 is 1.91 bits per heavy atom. The molecule has 1 aromatic rings. The van der Waals surface area contributed by atoms with Crippen molar-refractivity contribution in [2.75, 3.05) is 0 Å². The van der Waals surface area contributed by atoms with E-state index in [1.54, 1.807) is 12.1 Å². The number of alkyl halides is 2. The van der Waals surface area contributed by atoms with Crippen LogP contribution in [0.2, 0.25) is 5.02 Å². The topological polar surface area (TPSA) is 20.2 Å². The monoisotopic (exact) mass is 210 g/mol. The van der Waals surface area contributed by atoms with Gasteiger partial charge in [0.05, 0.1) is 5.02 Å². The van der Waals surface area contributed by atoms with Gasteiger partial charge in [0.15, 0.2) is 0 Å². The van der Waals surface area contributed by atoms with E-state index in [4.69, 9.17) is 34.8 Å². The second-order valence-corrected chi connectivity index (χ2v) is 3.48. The molecule has 0 spiro atoms. The average molecular weight is 211 g/mol. The summed E-state index contributed by atoms with van der Waals surface area (Å²) < 4.78 is 0. The normalized spacial score (nSPS) is 10.5. The van der Waals surface area contributed by atoms with Gasteiger partial charge in [0.2, 0.25) is 0 Å². The lowest BCUT2D eigenvalue weighted by Crippen LogP contribution is -1.83. The molecule has 0 aromatic heterocycles. The maximum Gasteiger partial charge on any atom is 0.137 e. The summed E-state index contributed by atoms with van der Waals surface area (Å²) in [6.07, 6.45) is 0. The molecule has 60 valence electrons. The fourth-order valence-corrected chi connectivity index (χ4v) is 1.59. The zero-order valence-corrected chi connectivity index (χ0v) is 7.66. The van der Waals surface area contributed by atoms with Gasteiger partial charge in [-0.25, -0.2) is 0 Å². The summed E-state index contributed by atoms with van der Waals surface area (Å²) in [7, 11) is 0. The standard InChI is InChI=1S/C7H5Cl3O/c8-4-2-1-3-5(11)6(4)7(9)10/h1-3,7,11H. The van der Waals surface area contributed by atoms with Gasteiger partial charge in [-0.05, 0) is 12.1 Å². The molecular formula is C7H5Cl3O. The molecule has 4 heteroatoms. The molecule has 11 heavy (non-hydrogen) atoms. The van der Waals surface area contributed by atoms with Crippen LogP contribution in [0, 0.1) is 0 Å². The lowest BCUT2D eigenvalue weighted by atomic mass is 10.2. The smallest absolute Gasteiger partial charge is 0.137 e. The Balaban J connectivity index is 3.21. The predicted molar refractivity (Wildman–Crippen MR) is 47.6 cm³/mol. The number of halogens is 3. The van der Waals surface area contributed by atoms with E-state index in [2.05, 4.69) is 0 Å². The van der Waals surface area contributed by atoms with Crippen LogP contribution in [0.3, 0.4) is 0 Å². The van der Waals surface area contributed by atoms with Gasteiger partial charge < -0.3 is 5.11 Å². The van der Waals surface area contributed by atoms with E-state index in [-0.39, 0.29) is 5.75 Å². The highest BCUT2D eigenvalue weighted by atomic mass is 35.5. The molecule has 0 saturated heterocycles. The Bertz CT molecular complexity index is 240. The molecular weight excluding hydrogens is 206 g/mol. The third kappa shape index (κ3) is 1.92. The molecule has 0 aliphatic carbocycles. The van der Waals surface area contributed by atoms with Gasteiger partial charge in [-0.3, -0.25) is 0 Å². The molecule has 0 fully saturated rings. The molecule has 1 nitrogen and oxygen atoms in total. The van der Waals surface area contributed by atoms with Gasteiger partial charge in [-0.2, -0.15) is 0 Å². The van der Waals surface area contributed by atoms with Crippen molar-refractivity contribution in [3.8, 4) is 5.75 Å². The summed E-state index contributed by atoms with van der Waals surface area (Å²) in [5, 5.41) is 9.58. The van der Waals surface area contributed by atoms with E-state index in [0.29, 0.717) is 10.6 Å². The van der Waals surface area contributed by atoms with Crippen LogP contribution >= 0.6 is 34.8 Å². The highest BCUT2D eigenvalue weighted by Crippen LogP contribution is 2.36. The lowest BCUT2D eigenvalue weighted by molar-refractivity contribution is 0.470. The molecule has 0 aliphatic rings. The quantitative estimate of drug-likeness (QED) is 0.705. The second-order valence-electron chi connectivity index (χ2n) is 1.97. The van der Waals surface area contributed by atoms with Crippen molar-refractivity contribution in [1.29, 1.82) is 0 Å². The zero-order valence-electron chi connectivity index (χ0n) is 5.39. The molecule has 1 rings (SSSR count). The zero-order chi connectivity index (χ0) is 8.43. The number of aromatic hydroxyl groups is 1. The summed E-state index contributed by atoms with van der Waals surface area (Å²) in [4.78, 5) is -0.788. The summed E-state index contributed by atoms with van der Waals surface area (Å²) in [5.41, 5.74) is 0.359. The maximum absolute atomic E-state index is 9.21. The summed E-state index contributed by atoms with van der Waals surface area (Å²) in [6.45, 7) is 0. The molecule has 0 radical (unpaired) electrons. The molecule has 0 atom stereocenters. The first-order valence-corrected chi connectivity index (χ1v) is 4.13.